The molecule has 6 nitrogen and oxygen atoms in total. The van der Waals surface area contributed by atoms with Crippen molar-refractivity contribution >= 4 is 0 Å². The van der Waals surface area contributed by atoms with Crippen LogP contribution in [0.4, 0.5) is 0 Å². The predicted octanol–water partition coefficient (Wildman–Crippen LogP) is 0.180. The van der Waals surface area contributed by atoms with E-state index in [1.165, 1.54) is 4.57 Å². The van der Waals surface area contributed by atoms with E-state index >= 15 is 0 Å². The zero-order valence-corrected chi connectivity index (χ0v) is 8.67. The molecule has 0 aliphatic carbocycles. The molecule has 0 aliphatic heterocycles. The van der Waals surface area contributed by atoms with E-state index in [-0.39, 0.29) is 0 Å². The quantitative estimate of drug-likeness (QED) is 0.721. The Morgan fingerprint density at radius 1 is 1.53 bits per heavy atom. The van der Waals surface area contributed by atoms with E-state index < -0.39 is 5.76 Å². The Labute approximate surface area is 86.1 Å². The Bertz CT molecular complexity index is 508. The Morgan fingerprint density at radius 2 is 2.33 bits per heavy atom. The molecule has 0 atom stereocenters. The number of imidazole rings is 1. The monoisotopic (exact) mass is 208 g/mol. The Balaban J connectivity index is 2.32. The van der Waals surface area contributed by atoms with Crippen LogP contribution in [0.5, 0.6) is 0 Å². The number of hydrogen-bond acceptors (Lipinski definition) is 4. The highest BCUT2D eigenvalue weighted by Crippen LogP contribution is 2.04. The van der Waals surface area contributed by atoms with Gasteiger partial charge in [-0.15, -0.1) is 0 Å². The normalized spacial score (nSPS) is 10.8. The van der Waals surface area contributed by atoms with Crippen LogP contribution in [-0.2, 0) is 20.0 Å². The van der Waals surface area contributed by atoms with Crippen LogP contribution in [-0.4, -0.2) is 19.3 Å². The fraction of sp³-hybridized carbons (Fsp3) is 0.444. The largest absolute Gasteiger partial charge is 0.441 e. The number of rotatable bonds is 3. The van der Waals surface area contributed by atoms with Gasteiger partial charge in [0, 0.05) is 25.5 Å². The average molecular weight is 208 g/mol. The van der Waals surface area contributed by atoms with Crippen molar-refractivity contribution in [3.05, 3.63) is 34.6 Å². The smallest absolute Gasteiger partial charge is 0.337 e. The standard InChI is InChI=1S/C9H12N4O2/c1-3-13-8(11-15-9(13)14)4-7-5-10-6-12(7)2/h5-6H,3-4H2,1-2H3. The molecule has 0 unspecified atom stereocenters. The lowest BCUT2D eigenvalue weighted by Gasteiger charge is -2.01. The number of hydrogen-bond donors (Lipinski definition) is 0. The second kappa shape index (κ2) is 3.72. The van der Waals surface area contributed by atoms with Crippen molar-refractivity contribution in [2.75, 3.05) is 0 Å². The molecule has 0 spiro atoms. The van der Waals surface area contributed by atoms with Crippen molar-refractivity contribution in [1.82, 2.24) is 19.3 Å². The molecule has 0 radical (unpaired) electrons. The molecule has 0 amide bonds. The molecule has 0 aliphatic rings. The van der Waals surface area contributed by atoms with Crippen molar-refractivity contribution in [2.24, 2.45) is 7.05 Å². The van der Waals surface area contributed by atoms with Gasteiger partial charge >= 0.3 is 5.76 Å². The third-order valence-corrected chi connectivity index (χ3v) is 2.33. The van der Waals surface area contributed by atoms with Crippen molar-refractivity contribution in [1.29, 1.82) is 0 Å². The molecule has 0 saturated heterocycles. The Hall–Kier alpha value is -1.85. The molecule has 2 aromatic rings. The summed E-state index contributed by atoms with van der Waals surface area (Å²) in [5.41, 5.74) is 0.991. The maximum absolute atomic E-state index is 11.2. The van der Waals surface area contributed by atoms with Gasteiger partial charge in [0.15, 0.2) is 5.82 Å². The lowest BCUT2D eigenvalue weighted by atomic mass is 10.3. The van der Waals surface area contributed by atoms with Gasteiger partial charge in [0.2, 0.25) is 0 Å². The Kier molecular flexibility index (Phi) is 2.40. The molecule has 0 N–H and O–H groups in total. The van der Waals surface area contributed by atoms with Crippen molar-refractivity contribution in [2.45, 2.75) is 19.9 Å². The first kappa shape index (κ1) is 9.70. The molecule has 2 heterocycles. The molecular formula is C9H12N4O2. The lowest BCUT2D eigenvalue weighted by molar-refractivity contribution is 0.374. The minimum Gasteiger partial charge on any atom is -0.337 e. The van der Waals surface area contributed by atoms with E-state index in [0.29, 0.717) is 18.8 Å². The van der Waals surface area contributed by atoms with Crippen LogP contribution in [0.2, 0.25) is 0 Å². The first-order chi connectivity index (χ1) is 7.22. The van der Waals surface area contributed by atoms with Gasteiger partial charge in [-0.1, -0.05) is 5.16 Å². The van der Waals surface area contributed by atoms with Gasteiger partial charge in [0.05, 0.1) is 12.7 Å². The van der Waals surface area contributed by atoms with Crippen LogP contribution < -0.4 is 5.76 Å². The van der Waals surface area contributed by atoms with E-state index in [2.05, 4.69) is 14.7 Å². The first-order valence-electron chi connectivity index (χ1n) is 4.73. The number of nitrogens with zero attached hydrogens (tertiary/aromatic N) is 4. The highest BCUT2D eigenvalue weighted by molar-refractivity contribution is 5.06. The van der Waals surface area contributed by atoms with Crippen LogP contribution in [0.3, 0.4) is 0 Å². The van der Waals surface area contributed by atoms with Crippen LogP contribution in [0.25, 0.3) is 0 Å². The molecule has 2 aromatic heterocycles. The van der Waals surface area contributed by atoms with Crippen molar-refractivity contribution in [3.8, 4) is 0 Å². The fourth-order valence-corrected chi connectivity index (χ4v) is 1.45. The predicted molar refractivity (Wildman–Crippen MR) is 52.5 cm³/mol. The molecule has 80 valence electrons. The van der Waals surface area contributed by atoms with Gasteiger partial charge in [-0.25, -0.2) is 9.78 Å². The molecule has 0 aromatic carbocycles. The molecule has 0 saturated carbocycles. The minimum atomic E-state index is -0.408. The average Bonchev–Trinajstić information content (AvgIpc) is 2.76. The van der Waals surface area contributed by atoms with E-state index in [1.54, 1.807) is 12.5 Å². The van der Waals surface area contributed by atoms with Crippen molar-refractivity contribution in [3.63, 3.8) is 0 Å². The molecule has 2 rings (SSSR count). The van der Waals surface area contributed by atoms with Gasteiger partial charge < -0.3 is 4.57 Å². The summed E-state index contributed by atoms with van der Waals surface area (Å²) in [6, 6.07) is 0. The summed E-state index contributed by atoms with van der Waals surface area (Å²) in [7, 11) is 1.90. The molecule has 6 heteroatoms. The molecule has 15 heavy (non-hydrogen) atoms. The molecule has 0 fully saturated rings. The van der Waals surface area contributed by atoms with Gasteiger partial charge in [0.1, 0.15) is 0 Å². The summed E-state index contributed by atoms with van der Waals surface area (Å²) in [5.74, 6) is 0.223. The zero-order valence-electron chi connectivity index (χ0n) is 8.67. The summed E-state index contributed by atoms with van der Waals surface area (Å²) in [6.07, 6.45) is 4.01. The number of aryl methyl sites for hydroxylation is 1. The first-order valence-corrected chi connectivity index (χ1v) is 4.73. The van der Waals surface area contributed by atoms with Crippen LogP contribution in [0, 0.1) is 0 Å². The van der Waals surface area contributed by atoms with E-state index in [4.69, 9.17) is 0 Å². The highest BCUT2D eigenvalue weighted by Gasteiger charge is 2.10. The third kappa shape index (κ3) is 1.70. The lowest BCUT2D eigenvalue weighted by Crippen LogP contribution is -2.16. The summed E-state index contributed by atoms with van der Waals surface area (Å²) < 4.78 is 8.00. The van der Waals surface area contributed by atoms with E-state index in [9.17, 15) is 4.79 Å². The summed E-state index contributed by atoms with van der Waals surface area (Å²) in [6.45, 7) is 2.45. The molecule has 0 bridgehead atoms. The topological polar surface area (TPSA) is 65.8 Å². The van der Waals surface area contributed by atoms with Gasteiger partial charge in [-0.3, -0.25) is 9.09 Å². The summed E-state index contributed by atoms with van der Waals surface area (Å²) >= 11 is 0. The maximum atomic E-state index is 11.2. The second-order valence-corrected chi connectivity index (χ2v) is 3.28. The third-order valence-electron chi connectivity index (χ3n) is 2.33. The zero-order chi connectivity index (χ0) is 10.8. The van der Waals surface area contributed by atoms with Crippen LogP contribution in [0.1, 0.15) is 18.4 Å². The summed E-state index contributed by atoms with van der Waals surface area (Å²) in [4.78, 5) is 15.2. The molecular weight excluding hydrogens is 196 g/mol. The SMILES string of the molecule is CCn1c(Cc2cncn2C)noc1=O. The fourth-order valence-electron chi connectivity index (χ4n) is 1.45. The highest BCUT2D eigenvalue weighted by atomic mass is 16.5. The van der Waals surface area contributed by atoms with Crippen LogP contribution in [0.15, 0.2) is 21.8 Å². The minimum absolute atomic E-state index is 0.408. The van der Waals surface area contributed by atoms with Gasteiger partial charge in [-0.2, -0.15) is 0 Å². The van der Waals surface area contributed by atoms with Crippen molar-refractivity contribution < 1.29 is 4.52 Å². The number of aromatic nitrogens is 4. The Morgan fingerprint density at radius 3 is 2.93 bits per heavy atom. The van der Waals surface area contributed by atoms with Crippen LogP contribution >= 0.6 is 0 Å². The second-order valence-electron chi connectivity index (χ2n) is 3.28. The van der Waals surface area contributed by atoms with Gasteiger partial charge in [-0.05, 0) is 6.92 Å². The maximum Gasteiger partial charge on any atom is 0.441 e. The van der Waals surface area contributed by atoms with E-state index in [1.807, 2.05) is 18.5 Å². The van der Waals surface area contributed by atoms with Gasteiger partial charge in [0.25, 0.3) is 0 Å². The van der Waals surface area contributed by atoms with E-state index in [0.717, 1.165) is 5.69 Å². The summed E-state index contributed by atoms with van der Waals surface area (Å²) in [5, 5.41) is 3.74.